The van der Waals surface area contributed by atoms with Crippen LogP contribution >= 0.6 is 0 Å². The third kappa shape index (κ3) is 4.46. The van der Waals surface area contributed by atoms with Crippen LogP contribution in [0.2, 0.25) is 0 Å². The lowest BCUT2D eigenvalue weighted by atomic mass is 10.2. The van der Waals surface area contributed by atoms with Gasteiger partial charge in [-0.05, 0) is 50.1 Å². The standard InChI is InChI=1S/C17H22FN3O3S/c1-5-12(3)20-25(23,24)14-9-16(21(4)10-14)17(22)19-13-6-7-15(18)11(2)8-13/h6-10,12,20H,5H2,1-4H3,(H,19,22)/t12-/m1/s1. The number of aryl methyl sites for hydroxylation is 2. The quantitative estimate of drug-likeness (QED) is 0.824. The Kier molecular flexibility index (Phi) is 5.64. The summed E-state index contributed by atoms with van der Waals surface area (Å²) in [5.41, 5.74) is 1.03. The van der Waals surface area contributed by atoms with Crippen LogP contribution in [0.3, 0.4) is 0 Å². The second-order valence-corrected chi connectivity index (χ2v) is 7.73. The normalized spacial score (nSPS) is 12.8. The Hall–Kier alpha value is -2.19. The molecule has 0 fully saturated rings. The second-order valence-electron chi connectivity index (χ2n) is 6.02. The molecule has 0 aliphatic heterocycles. The molecule has 2 rings (SSSR count). The van der Waals surface area contributed by atoms with E-state index >= 15 is 0 Å². The zero-order valence-corrected chi connectivity index (χ0v) is 15.4. The maximum absolute atomic E-state index is 13.3. The van der Waals surface area contributed by atoms with E-state index in [0.29, 0.717) is 17.7 Å². The van der Waals surface area contributed by atoms with Gasteiger partial charge in [-0.2, -0.15) is 0 Å². The predicted molar refractivity (Wildman–Crippen MR) is 94.6 cm³/mol. The van der Waals surface area contributed by atoms with Crippen molar-refractivity contribution in [2.45, 2.75) is 38.1 Å². The molecule has 0 spiro atoms. The van der Waals surface area contributed by atoms with Crippen molar-refractivity contribution in [3.63, 3.8) is 0 Å². The maximum atomic E-state index is 13.3. The summed E-state index contributed by atoms with van der Waals surface area (Å²) in [6, 6.07) is 5.34. The zero-order valence-electron chi connectivity index (χ0n) is 14.6. The molecule has 1 atom stereocenters. The third-order valence-electron chi connectivity index (χ3n) is 3.91. The number of rotatable bonds is 6. The average Bonchev–Trinajstić information content (AvgIpc) is 2.93. The highest BCUT2D eigenvalue weighted by Gasteiger charge is 2.22. The van der Waals surface area contributed by atoms with Gasteiger partial charge in [0.05, 0.1) is 0 Å². The number of sulfonamides is 1. The molecule has 0 unspecified atom stereocenters. The minimum Gasteiger partial charge on any atom is -0.345 e. The number of aromatic nitrogens is 1. The van der Waals surface area contributed by atoms with Gasteiger partial charge < -0.3 is 9.88 Å². The molecule has 1 aromatic carbocycles. The highest BCUT2D eigenvalue weighted by atomic mass is 32.2. The van der Waals surface area contributed by atoms with Gasteiger partial charge in [-0.25, -0.2) is 17.5 Å². The fourth-order valence-electron chi connectivity index (χ4n) is 2.24. The summed E-state index contributed by atoms with van der Waals surface area (Å²) in [6.45, 7) is 5.24. The number of carbonyl (C=O) groups is 1. The molecule has 0 saturated carbocycles. The molecule has 0 radical (unpaired) electrons. The van der Waals surface area contributed by atoms with Gasteiger partial charge in [0.2, 0.25) is 10.0 Å². The lowest BCUT2D eigenvalue weighted by Gasteiger charge is -2.10. The number of halogens is 1. The number of nitrogens with zero attached hydrogens (tertiary/aromatic N) is 1. The smallest absolute Gasteiger partial charge is 0.272 e. The SMILES string of the molecule is CC[C@@H](C)NS(=O)(=O)c1cc(C(=O)Nc2ccc(F)c(C)c2)n(C)c1. The highest BCUT2D eigenvalue weighted by Crippen LogP contribution is 2.18. The molecule has 8 heteroatoms. The molecule has 2 N–H and O–H groups in total. The number of amides is 1. The van der Waals surface area contributed by atoms with E-state index in [2.05, 4.69) is 10.0 Å². The lowest BCUT2D eigenvalue weighted by Crippen LogP contribution is -2.31. The first-order chi connectivity index (χ1) is 11.6. The Morgan fingerprint density at radius 1 is 1.32 bits per heavy atom. The topological polar surface area (TPSA) is 80.2 Å². The Labute approximate surface area is 147 Å². The number of hydrogen-bond acceptors (Lipinski definition) is 3. The zero-order chi connectivity index (χ0) is 18.8. The van der Waals surface area contributed by atoms with Gasteiger partial charge in [0.25, 0.3) is 5.91 Å². The van der Waals surface area contributed by atoms with Crippen molar-refractivity contribution >= 4 is 21.6 Å². The molecule has 0 aliphatic carbocycles. The van der Waals surface area contributed by atoms with Gasteiger partial charge in [0, 0.05) is 25.0 Å². The third-order valence-corrected chi connectivity index (χ3v) is 5.46. The first-order valence-electron chi connectivity index (χ1n) is 7.90. The Morgan fingerprint density at radius 2 is 2.00 bits per heavy atom. The van der Waals surface area contributed by atoms with Crippen molar-refractivity contribution in [2.75, 3.05) is 5.32 Å². The molecular weight excluding hydrogens is 345 g/mol. The number of carbonyl (C=O) groups excluding carboxylic acids is 1. The first kappa shape index (κ1) is 19.1. The van der Waals surface area contributed by atoms with E-state index in [1.54, 1.807) is 20.9 Å². The summed E-state index contributed by atoms with van der Waals surface area (Å²) < 4.78 is 42.0. The van der Waals surface area contributed by atoms with E-state index in [1.165, 1.54) is 35.0 Å². The maximum Gasteiger partial charge on any atom is 0.272 e. The number of nitrogens with one attached hydrogen (secondary N) is 2. The molecule has 0 saturated heterocycles. The van der Waals surface area contributed by atoms with Crippen molar-refractivity contribution in [1.82, 2.24) is 9.29 Å². The van der Waals surface area contributed by atoms with E-state index in [-0.39, 0.29) is 22.4 Å². The highest BCUT2D eigenvalue weighted by molar-refractivity contribution is 7.89. The van der Waals surface area contributed by atoms with Crippen LogP contribution in [0.5, 0.6) is 0 Å². The molecule has 0 aliphatic rings. The summed E-state index contributed by atoms with van der Waals surface area (Å²) in [5.74, 6) is -0.833. The Morgan fingerprint density at radius 3 is 2.60 bits per heavy atom. The summed E-state index contributed by atoms with van der Waals surface area (Å²) in [5, 5.41) is 2.64. The summed E-state index contributed by atoms with van der Waals surface area (Å²) >= 11 is 0. The van der Waals surface area contributed by atoms with Crippen LogP contribution in [0.15, 0.2) is 35.4 Å². The van der Waals surface area contributed by atoms with Gasteiger partial charge in [-0.3, -0.25) is 4.79 Å². The first-order valence-corrected chi connectivity index (χ1v) is 9.38. The molecule has 1 aromatic heterocycles. The largest absolute Gasteiger partial charge is 0.345 e. The van der Waals surface area contributed by atoms with E-state index in [4.69, 9.17) is 0 Å². The van der Waals surface area contributed by atoms with Crippen LogP contribution in [-0.4, -0.2) is 24.9 Å². The molecule has 1 amide bonds. The molecule has 2 aromatic rings. The molecule has 1 heterocycles. The van der Waals surface area contributed by atoms with Gasteiger partial charge >= 0.3 is 0 Å². The van der Waals surface area contributed by atoms with Gasteiger partial charge in [-0.1, -0.05) is 6.92 Å². The van der Waals surface area contributed by atoms with E-state index in [1.807, 2.05) is 6.92 Å². The van der Waals surface area contributed by atoms with Gasteiger partial charge in [0.15, 0.2) is 0 Å². The van der Waals surface area contributed by atoms with Crippen LogP contribution in [0.25, 0.3) is 0 Å². The van der Waals surface area contributed by atoms with Gasteiger partial charge in [-0.15, -0.1) is 0 Å². The minimum absolute atomic E-state index is 0.0238. The summed E-state index contributed by atoms with van der Waals surface area (Å²) in [7, 11) is -2.10. The van der Waals surface area contributed by atoms with E-state index < -0.39 is 15.9 Å². The molecule has 136 valence electrons. The fraction of sp³-hybridized carbons (Fsp3) is 0.353. The summed E-state index contributed by atoms with van der Waals surface area (Å²) in [4.78, 5) is 12.4. The van der Waals surface area contributed by atoms with Crippen LogP contribution in [0.1, 0.15) is 36.3 Å². The van der Waals surface area contributed by atoms with E-state index in [0.717, 1.165) is 0 Å². The average molecular weight is 367 g/mol. The second kappa shape index (κ2) is 7.37. The number of hydrogen-bond donors (Lipinski definition) is 2. The monoisotopic (exact) mass is 367 g/mol. The Balaban J connectivity index is 2.24. The minimum atomic E-state index is -3.69. The van der Waals surface area contributed by atoms with E-state index in [9.17, 15) is 17.6 Å². The van der Waals surface area contributed by atoms with Crippen LogP contribution in [0, 0.1) is 12.7 Å². The lowest BCUT2D eigenvalue weighted by molar-refractivity contribution is 0.101. The van der Waals surface area contributed by atoms with Crippen molar-refractivity contribution in [1.29, 1.82) is 0 Å². The van der Waals surface area contributed by atoms with Gasteiger partial charge in [0.1, 0.15) is 16.4 Å². The van der Waals surface area contributed by atoms with Crippen molar-refractivity contribution in [2.24, 2.45) is 7.05 Å². The summed E-state index contributed by atoms with van der Waals surface area (Å²) in [6.07, 6.45) is 2.04. The van der Waals surface area contributed by atoms with Crippen LogP contribution in [-0.2, 0) is 17.1 Å². The number of anilines is 1. The molecular formula is C17H22FN3O3S. The fourth-order valence-corrected chi connectivity index (χ4v) is 3.64. The molecule has 25 heavy (non-hydrogen) atoms. The Bertz CT molecular complexity index is 891. The van der Waals surface area contributed by atoms with Crippen molar-refractivity contribution in [3.05, 3.63) is 47.5 Å². The van der Waals surface area contributed by atoms with Crippen molar-refractivity contribution in [3.8, 4) is 0 Å². The predicted octanol–water partition coefficient (Wildman–Crippen LogP) is 2.80. The molecule has 6 nitrogen and oxygen atoms in total. The molecule has 0 bridgehead atoms. The van der Waals surface area contributed by atoms with Crippen LogP contribution < -0.4 is 10.0 Å². The number of benzene rings is 1. The van der Waals surface area contributed by atoms with Crippen LogP contribution in [0.4, 0.5) is 10.1 Å². The van der Waals surface area contributed by atoms with Crippen molar-refractivity contribution < 1.29 is 17.6 Å².